The fraction of sp³-hybridized carbons (Fsp3) is 0.333. The third-order valence-corrected chi connectivity index (χ3v) is 4.19. The zero-order valence-electron chi connectivity index (χ0n) is 13.8. The van der Waals surface area contributed by atoms with Crippen molar-refractivity contribution in [3.05, 3.63) is 52.2 Å². The molecule has 128 valence electrons. The van der Waals surface area contributed by atoms with Crippen molar-refractivity contribution in [1.29, 1.82) is 0 Å². The van der Waals surface area contributed by atoms with E-state index in [9.17, 15) is 9.59 Å². The Bertz CT molecular complexity index is 652. The lowest BCUT2D eigenvalue weighted by atomic mass is 10.0. The van der Waals surface area contributed by atoms with Crippen LogP contribution < -0.4 is 10.1 Å². The highest BCUT2D eigenvalue weighted by atomic mass is 32.1. The second kappa shape index (κ2) is 9.08. The molecule has 1 aromatic heterocycles. The number of amides is 1. The summed E-state index contributed by atoms with van der Waals surface area (Å²) in [5.41, 5.74) is 0.830. The van der Waals surface area contributed by atoms with E-state index in [1.807, 2.05) is 42.6 Å². The first-order valence-electron chi connectivity index (χ1n) is 7.86. The van der Waals surface area contributed by atoms with E-state index in [-0.39, 0.29) is 18.3 Å². The van der Waals surface area contributed by atoms with Crippen LogP contribution in [0, 0.1) is 0 Å². The molecule has 2 rings (SSSR count). The van der Waals surface area contributed by atoms with E-state index in [0.29, 0.717) is 18.1 Å². The number of ether oxygens (including phenoxy) is 2. The van der Waals surface area contributed by atoms with Crippen LogP contribution in [0.1, 0.15) is 41.5 Å². The maximum Gasteiger partial charge on any atom is 0.308 e. The molecule has 1 atom stereocenters. The zero-order chi connectivity index (χ0) is 17.4. The Hall–Kier alpha value is -2.34. The quantitative estimate of drug-likeness (QED) is 0.742. The van der Waals surface area contributed by atoms with Gasteiger partial charge < -0.3 is 14.8 Å². The SMILES string of the molecule is CCOC(=O)C[C@@H](NC(=O)c1cccs1)c1ccc(OCC)cc1. The summed E-state index contributed by atoms with van der Waals surface area (Å²) in [5, 5.41) is 4.75. The summed E-state index contributed by atoms with van der Waals surface area (Å²) in [6.45, 7) is 4.57. The van der Waals surface area contributed by atoms with Crippen molar-refractivity contribution < 1.29 is 19.1 Å². The molecule has 5 nitrogen and oxygen atoms in total. The predicted octanol–water partition coefficient (Wildman–Crippen LogP) is 3.57. The summed E-state index contributed by atoms with van der Waals surface area (Å²) < 4.78 is 10.4. The van der Waals surface area contributed by atoms with Gasteiger partial charge in [0.25, 0.3) is 5.91 Å². The molecular formula is C18H21NO4S. The third-order valence-electron chi connectivity index (χ3n) is 3.32. The van der Waals surface area contributed by atoms with Crippen molar-refractivity contribution in [2.75, 3.05) is 13.2 Å². The van der Waals surface area contributed by atoms with Gasteiger partial charge in [0.1, 0.15) is 5.75 Å². The molecule has 1 aromatic carbocycles. The molecule has 2 aromatic rings. The monoisotopic (exact) mass is 347 g/mol. The topological polar surface area (TPSA) is 64.6 Å². The van der Waals surface area contributed by atoms with Gasteiger partial charge in [-0.05, 0) is 43.0 Å². The van der Waals surface area contributed by atoms with Gasteiger partial charge in [-0.1, -0.05) is 18.2 Å². The Kier molecular flexibility index (Phi) is 6.81. The van der Waals surface area contributed by atoms with E-state index < -0.39 is 6.04 Å². The second-order valence-corrected chi connectivity index (χ2v) is 5.96. The number of nitrogens with one attached hydrogen (secondary N) is 1. The molecule has 0 fully saturated rings. The average molecular weight is 347 g/mol. The smallest absolute Gasteiger partial charge is 0.308 e. The Morgan fingerprint density at radius 2 is 1.88 bits per heavy atom. The first-order valence-corrected chi connectivity index (χ1v) is 8.74. The first-order chi connectivity index (χ1) is 11.6. The van der Waals surface area contributed by atoms with Gasteiger partial charge in [0.2, 0.25) is 0 Å². The van der Waals surface area contributed by atoms with Crippen LogP contribution in [0.4, 0.5) is 0 Å². The average Bonchev–Trinajstić information content (AvgIpc) is 3.10. The molecule has 0 aliphatic rings. The lowest BCUT2D eigenvalue weighted by molar-refractivity contribution is -0.143. The van der Waals surface area contributed by atoms with Gasteiger partial charge >= 0.3 is 5.97 Å². The maximum atomic E-state index is 12.3. The third kappa shape index (κ3) is 5.09. The van der Waals surface area contributed by atoms with Gasteiger partial charge in [-0.15, -0.1) is 11.3 Å². The molecule has 1 N–H and O–H groups in total. The van der Waals surface area contributed by atoms with E-state index in [4.69, 9.17) is 9.47 Å². The van der Waals surface area contributed by atoms with E-state index in [0.717, 1.165) is 11.3 Å². The van der Waals surface area contributed by atoms with Crippen LogP contribution in [0.5, 0.6) is 5.75 Å². The van der Waals surface area contributed by atoms with Crippen LogP contribution in [-0.2, 0) is 9.53 Å². The van der Waals surface area contributed by atoms with Crippen LogP contribution in [0.25, 0.3) is 0 Å². The fourth-order valence-electron chi connectivity index (χ4n) is 2.24. The number of esters is 1. The zero-order valence-corrected chi connectivity index (χ0v) is 14.6. The number of carbonyl (C=O) groups excluding carboxylic acids is 2. The largest absolute Gasteiger partial charge is 0.494 e. The molecular weight excluding hydrogens is 326 g/mol. The molecule has 6 heteroatoms. The summed E-state index contributed by atoms with van der Waals surface area (Å²) in [5.74, 6) is 0.205. The lowest BCUT2D eigenvalue weighted by Crippen LogP contribution is -2.30. The first kappa shape index (κ1) is 18.0. The molecule has 24 heavy (non-hydrogen) atoms. The molecule has 0 spiro atoms. The van der Waals surface area contributed by atoms with Crippen molar-refractivity contribution in [1.82, 2.24) is 5.32 Å². The summed E-state index contributed by atoms with van der Waals surface area (Å²) in [7, 11) is 0. The van der Waals surface area contributed by atoms with Crippen molar-refractivity contribution in [2.45, 2.75) is 26.3 Å². The summed E-state index contributed by atoms with van der Waals surface area (Å²) >= 11 is 1.36. The van der Waals surface area contributed by atoms with Crippen LogP contribution in [0.2, 0.25) is 0 Å². The van der Waals surface area contributed by atoms with Gasteiger partial charge in [0.15, 0.2) is 0 Å². The molecule has 1 amide bonds. The van der Waals surface area contributed by atoms with E-state index in [1.54, 1.807) is 13.0 Å². The van der Waals surface area contributed by atoms with Crippen molar-refractivity contribution >= 4 is 23.2 Å². The normalized spacial score (nSPS) is 11.6. The highest BCUT2D eigenvalue weighted by molar-refractivity contribution is 7.12. The molecule has 0 bridgehead atoms. The highest BCUT2D eigenvalue weighted by Crippen LogP contribution is 2.22. The van der Waals surface area contributed by atoms with Crippen LogP contribution in [-0.4, -0.2) is 25.1 Å². The number of carbonyl (C=O) groups is 2. The van der Waals surface area contributed by atoms with Crippen LogP contribution in [0.15, 0.2) is 41.8 Å². The number of hydrogen-bond donors (Lipinski definition) is 1. The number of hydrogen-bond acceptors (Lipinski definition) is 5. The van der Waals surface area contributed by atoms with Crippen LogP contribution in [0.3, 0.4) is 0 Å². The minimum Gasteiger partial charge on any atom is -0.494 e. The molecule has 0 saturated carbocycles. The van der Waals surface area contributed by atoms with Crippen molar-refractivity contribution in [2.24, 2.45) is 0 Å². The van der Waals surface area contributed by atoms with Gasteiger partial charge in [-0.25, -0.2) is 0 Å². The Labute approximate surface area is 145 Å². The maximum absolute atomic E-state index is 12.3. The van der Waals surface area contributed by atoms with Gasteiger partial charge in [0, 0.05) is 0 Å². The molecule has 1 heterocycles. The summed E-state index contributed by atoms with van der Waals surface area (Å²) in [4.78, 5) is 24.8. The van der Waals surface area contributed by atoms with E-state index >= 15 is 0 Å². The van der Waals surface area contributed by atoms with Gasteiger partial charge in [-0.2, -0.15) is 0 Å². The Morgan fingerprint density at radius 3 is 2.46 bits per heavy atom. The van der Waals surface area contributed by atoms with E-state index in [2.05, 4.69) is 5.32 Å². The van der Waals surface area contributed by atoms with Crippen molar-refractivity contribution in [3.8, 4) is 5.75 Å². The molecule has 0 unspecified atom stereocenters. The standard InChI is InChI=1S/C18H21NO4S/c1-3-22-14-9-7-13(8-10-14)15(12-17(20)23-4-2)19-18(21)16-6-5-11-24-16/h5-11,15H,3-4,12H2,1-2H3,(H,19,21)/t15-/m1/s1. The minimum absolute atomic E-state index is 0.0823. The fourth-order valence-corrected chi connectivity index (χ4v) is 2.87. The molecule has 0 aliphatic carbocycles. The highest BCUT2D eigenvalue weighted by Gasteiger charge is 2.20. The molecule has 0 aliphatic heterocycles. The summed E-state index contributed by atoms with van der Waals surface area (Å²) in [6, 6.07) is 10.5. The summed E-state index contributed by atoms with van der Waals surface area (Å²) in [6.07, 6.45) is 0.0823. The van der Waals surface area contributed by atoms with E-state index in [1.165, 1.54) is 11.3 Å². The van der Waals surface area contributed by atoms with Gasteiger partial charge in [0.05, 0.1) is 30.6 Å². The Balaban J connectivity index is 2.15. The number of rotatable bonds is 8. The predicted molar refractivity (Wildman–Crippen MR) is 93.4 cm³/mol. The molecule has 0 radical (unpaired) electrons. The number of benzene rings is 1. The Morgan fingerprint density at radius 1 is 1.12 bits per heavy atom. The van der Waals surface area contributed by atoms with Gasteiger partial charge in [-0.3, -0.25) is 9.59 Å². The van der Waals surface area contributed by atoms with Crippen LogP contribution >= 0.6 is 11.3 Å². The second-order valence-electron chi connectivity index (χ2n) is 5.01. The minimum atomic E-state index is -0.450. The molecule has 0 saturated heterocycles. The number of thiophene rings is 1. The lowest BCUT2D eigenvalue weighted by Gasteiger charge is -2.18. The van der Waals surface area contributed by atoms with Crippen molar-refractivity contribution in [3.63, 3.8) is 0 Å².